The van der Waals surface area contributed by atoms with Crippen molar-refractivity contribution < 1.29 is 96.5 Å². The minimum absolute atomic E-state index is 0.0107. The second kappa shape index (κ2) is 51.5. The van der Waals surface area contributed by atoms with Gasteiger partial charge in [-0.3, -0.25) is 81.5 Å². The van der Waals surface area contributed by atoms with Crippen molar-refractivity contribution in [3.63, 3.8) is 0 Å². The zero-order valence-corrected chi connectivity index (χ0v) is 76.6. The number of primary amides is 1. The van der Waals surface area contributed by atoms with Crippen molar-refractivity contribution in [2.45, 2.75) is 233 Å². The molecule has 8 rings (SSSR count). The maximum atomic E-state index is 15.8. The number of fused-ring (bicyclic) bond motifs is 4. The van der Waals surface area contributed by atoms with Crippen LogP contribution in [0, 0.1) is 0 Å². The number of carboxylic acid groups (broad SMARTS) is 1. The van der Waals surface area contributed by atoms with E-state index in [2.05, 4.69) is 63.1 Å². The molecule has 0 bridgehead atoms. The van der Waals surface area contributed by atoms with Gasteiger partial charge in [0.2, 0.25) is 94.5 Å². The molecule has 5 aromatic rings. The molecule has 0 aliphatic carbocycles. The number of aromatic nitrogens is 2. The maximum Gasteiger partial charge on any atom is 0.305 e. The lowest BCUT2D eigenvalue weighted by Gasteiger charge is -2.36. The number of rotatable bonds is 28. The van der Waals surface area contributed by atoms with E-state index >= 15 is 33.6 Å². The number of methoxy groups -OCH3 is 1. The number of thioether (sulfide) groups is 1. The number of nitrogens with zero attached hydrogens (tertiary/aromatic N) is 5. The number of nitrogens with two attached hydrogens (primary N) is 5. The van der Waals surface area contributed by atoms with E-state index in [0.717, 1.165) is 26.5 Å². The topological polar surface area (TPSA) is 638 Å². The highest BCUT2D eigenvalue weighted by Gasteiger charge is 2.47. The maximum absolute atomic E-state index is 15.8. The molecule has 132 heavy (non-hydrogen) atoms. The van der Waals surface area contributed by atoms with E-state index in [1.54, 1.807) is 85.2 Å². The summed E-state index contributed by atoms with van der Waals surface area (Å²) in [4.78, 5) is 261. The number of H-pyrrole nitrogens is 2. The summed E-state index contributed by atoms with van der Waals surface area (Å²) >= 11 is 0.793. The summed E-state index contributed by atoms with van der Waals surface area (Å²) in [5.74, 6) is -16.6. The Kier molecular flexibility index (Phi) is 41.0. The number of carbonyl (C=O) groups is 17. The number of hydrogen-bond acceptors (Lipinski definition) is 24. The van der Waals surface area contributed by atoms with E-state index in [0.29, 0.717) is 76.3 Å². The lowest BCUT2D eigenvalue weighted by Crippen LogP contribution is -2.61. The summed E-state index contributed by atoms with van der Waals surface area (Å²) in [5, 5.41) is 49.5. The summed E-state index contributed by atoms with van der Waals surface area (Å²) in [6, 6.07) is -0.615. The van der Waals surface area contributed by atoms with Crippen molar-refractivity contribution in [1.29, 1.82) is 0 Å². The van der Waals surface area contributed by atoms with Gasteiger partial charge in [-0.1, -0.05) is 88.1 Å². The van der Waals surface area contributed by atoms with Gasteiger partial charge < -0.3 is 131 Å². The van der Waals surface area contributed by atoms with Crippen LogP contribution >= 0.6 is 11.8 Å². The highest BCUT2D eigenvalue weighted by Crippen LogP contribution is 2.28. The molecule has 15 atom stereocenters. The number of aliphatic hydroxyl groups is 1. The first-order valence-electron chi connectivity index (χ1n) is 44.8. The van der Waals surface area contributed by atoms with Gasteiger partial charge in [-0.15, -0.1) is 11.8 Å². The van der Waals surface area contributed by atoms with Gasteiger partial charge in [-0.05, 0) is 132 Å². The third kappa shape index (κ3) is 29.1. The van der Waals surface area contributed by atoms with Crippen molar-refractivity contribution in [2.24, 2.45) is 28.7 Å². The molecule has 3 fully saturated rings. The molecule has 0 saturated carbocycles. The fraction of sp³-hybridized carbons (Fsp3) is 0.562. The molecule has 16 amide bonds. The fourth-order valence-corrected chi connectivity index (χ4v) is 17.2. The Bertz CT molecular complexity index is 4860. The normalized spacial score (nSPS) is 25.1. The standard InChI is InChI=1S/C89H130N22O20S/c1-8-10-26-69-82(123)100-60(25-18-35-91)78(119)106-68(77(118)97-46-73(94)113)48-132-49-74(114)98-64(38-51-29-31-55(131-7)32-30-51)85(126)107(4)50(3)76(117)103-66(42-75(115)116)88(129)110-37-19-28-70(110)83(124)105-67(43-93)81(122)101-62(24-16-17-34-90)87(128)111-47-54(112)41-72(111)84(125)102-63(39-52-44-95-58-22-14-12-20-56(52)58)80(121)99-61(33-36-92)79(120)104-65(40-53-45-96-59-23-15-13-21-57(53)59)86(127)109(6)71(27-11-9-2)89(130)108(69)5/h12-15,20-23,29-32,44-45,50,54,60-72,95-96,112H,8-11,16-19,24-28,33-43,46-49,90-93H2,1-7H3,(H2,94,113)(H,97,118)(H,98,114)(H,99,121)(H,100,123)(H,101,122)(H,102,125)(H,103,117)(H,104,120)(H,105,124)(H,106,119)(H,115,116)/t50-,54+,60-,61-,62-,63-,64-,65-,66-,67-,68-,69-,70-,71-,72-/m0/s1. The molecule has 42 nitrogen and oxygen atoms in total. The highest BCUT2D eigenvalue weighted by molar-refractivity contribution is 8.00. The molecule has 722 valence electrons. The Labute approximate surface area is 769 Å². The van der Waals surface area contributed by atoms with Gasteiger partial charge >= 0.3 is 5.97 Å². The van der Waals surface area contributed by atoms with Crippen molar-refractivity contribution in [1.82, 2.24) is 87.6 Å². The van der Waals surface area contributed by atoms with E-state index in [-0.39, 0.29) is 110 Å². The molecule has 0 radical (unpaired) electrons. The predicted octanol–water partition coefficient (Wildman–Crippen LogP) is -3.12. The van der Waals surface area contributed by atoms with Crippen LogP contribution in [0.5, 0.6) is 5.75 Å². The number of unbranched alkanes of at least 4 members (excludes halogenated alkanes) is 3. The molecule has 0 spiro atoms. The number of aromatic amines is 2. The summed E-state index contributed by atoms with van der Waals surface area (Å²) in [7, 11) is 5.42. The van der Waals surface area contributed by atoms with E-state index in [4.69, 9.17) is 33.4 Å². The number of aliphatic hydroxyl groups excluding tert-OH is 1. The second-order valence-corrected chi connectivity index (χ2v) is 34.6. The van der Waals surface area contributed by atoms with Crippen LogP contribution in [0.4, 0.5) is 0 Å². The Morgan fingerprint density at radius 3 is 1.63 bits per heavy atom. The van der Waals surface area contributed by atoms with Crippen molar-refractivity contribution in [3.05, 3.63) is 102 Å². The average Bonchev–Trinajstić information content (AvgIpc) is 1.60. The summed E-state index contributed by atoms with van der Waals surface area (Å²) < 4.78 is 5.33. The van der Waals surface area contributed by atoms with Crippen LogP contribution in [0.2, 0.25) is 0 Å². The van der Waals surface area contributed by atoms with Crippen LogP contribution in [-0.4, -0.2) is 321 Å². The van der Waals surface area contributed by atoms with Gasteiger partial charge in [0.05, 0.1) is 31.9 Å². The molecule has 43 heteroatoms. The number of hydrogen-bond donors (Lipinski definition) is 19. The Hall–Kier alpha value is -12.3. The Balaban J connectivity index is 1.19. The van der Waals surface area contributed by atoms with Crippen LogP contribution in [0.25, 0.3) is 21.8 Å². The quantitative estimate of drug-likeness (QED) is 0.0220. The van der Waals surface area contributed by atoms with Gasteiger partial charge in [0.1, 0.15) is 90.3 Å². The van der Waals surface area contributed by atoms with Crippen molar-refractivity contribution >= 4 is 134 Å². The second-order valence-electron chi connectivity index (χ2n) is 33.5. The largest absolute Gasteiger partial charge is 0.497 e. The molecule has 3 aromatic carbocycles. The van der Waals surface area contributed by atoms with Crippen molar-refractivity contribution in [3.8, 4) is 5.75 Å². The lowest BCUT2D eigenvalue weighted by molar-refractivity contribution is -0.149. The smallest absolute Gasteiger partial charge is 0.305 e. The fourth-order valence-electron chi connectivity index (χ4n) is 16.4. The molecule has 3 saturated heterocycles. The van der Waals surface area contributed by atoms with E-state index < -0.39 is 229 Å². The predicted molar refractivity (Wildman–Crippen MR) is 489 cm³/mol. The van der Waals surface area contributed by atoms with Gasteiger partial charge in [0.25, 0.3) is 0 Å². The number of amides is 16. The van der Waals surface area contributed by atoms with Crippen LogP contribution in [0.15, 0.2) is 85.2 Å². The number of aliphatic carboxylic acids is 1. The first-order valence-corrected chi connectivity index (χ1v) is 46.0. The average molecular weight is 1860 g/mol. The zero-order valence-electron chi connectivity index (χ0n) is 75.8. The van der Waals surface area contributed by atoms with Gasteiger partial charge in [-0.2, -0.15) is 0 Å². The molecule has 5 heterocycles. The monoisotopic (exact) mass is 1860 g/mol. The number of para-hydroxylation sites is 2. The van der Waals surface area contributed by atoms with Gasteiger partial charge in [0.15, 0.2) is 0 Å². The molecule has 3 aliphatic rings. The molecule has 2 aromatic heterocycles. The first kappa shape index (κ1) is 105. The number of ether oxygens (including phenoxy) is 1. The first-order chi connectivity index (χ1) is 63.1. The van der Waals surface area contributed by atoms with Crippen LogP contribution < -0.4 is 86.6 Å². The molecular weight excluding hydrogens is 1730 g/mol. The molecule has 3 aliphatic heterocycles. The van der Waals surface area contributed by atoms with E-state index in [1.165, 1.54) is 45.0 Å². The minimum Gasteiger partial charge on any atom is -0.497 e. The van der Waals surface area contributed by atoms with Crippen molar-refractivity contribution in [2.75, 3.05) is 85.6 Å². The Morgan fingerprint density at radius 1 is 0.508 bits per heavy atom. The number of carbonyl (C=O) groups excluding carboxylic acids is 16. The SMILES string of the molecule is CCCC[C@H]1C(=O)N(C)[C@@H](CCCC)C(=O)N[C@@H](CCCN)C(=O)N[C@H](C(=O)NCC(N)=O)CSCC(=O)N[C@@H](Cc2ccc(OC)cc2)C(=O)N(C)[C@@H](C)C(=O)N[C@@H](CC(=O)O)C(=O)N2CCC[C@H]2C(=O)N[C@@H](CN)C(=O)N[C@@H](CCCCN)C(=O)N2C[C@H](O)C[C@H]2C(=O)N[C@@H](Cc2c[nH]c3ccccc23)C(=O)N[C@@H](CCN)C(=O)N[C@@H](Cc2c[nH]c3ccccc23)C(=O)N1C. The van der Waals surface area contributed by atoms with Crippen LogP contribution in [0.3, 0.4) is 0 Å². The molecule has 0 unspecified atom stereocenters. The molecular formula is C89H130N22O20S. The number of likely N-dealkylation sites (N-methyl/N-ethyl adjacent to an activating group) is 3. The van der Waals surface area contributed by atoms with Gasteiger partial charge in [-0.25, -0.2) is 0 Å². The number of benzene rings is 3. The minimum atomic E-state index is -1.88. The third-order valence-electron chi connectivity index (χ3n) is 24.0. The number of carboxylic acids is 1. The highest BCUT2D eigenvalue weighted by atomic mass is 32.2. The van der Waals surface area contributed by atoms with E-state index in [9.17, 15) is 58.2 Å². The summed E-state index contributed by atoms with van der Waals surface area (Å²) in [5.41, 5.74) is 32.7. The van der Waals surface area contributed by atoms with E-state index in [1.807, 2.05) is 13.8 Å². The lowest BCUT2D eigenvalue weighted by atomic mass is 9.99. The summed E-state index contributed by atoms with van der Waals surface area (Å²) in [6.07, 6.45) is 1.98. The summed E-state index contributed by atoms with van der Waals surface area (Å²) in [6.45, 7) is 3.02. The van der Waals surface area contributed by atoms with Crippen LogP contribution in [0.1, 0.15) is 140 Å². The van der Waals surface area contributed by atoms with Crippen LogP contribution in [-0.2, 0) is 101 Å². The molecule has 24 N–H and O–H groups in total. The zero-order chi connectivity index (χ0) is 96.6. The van der Waals surface area contributed by atoms with Gasteiger partial charge in [0, 0.05) is 106 Å². The third-order valence-corrected chi connectivity index (χ3v) is 25.0. The Morgan fingerprint density at radius 2 is 1.02 bits per heavy atom. The number of nitrogens with one attached hydrogen (secondary N) is 12.